The highest BCUT2D eigenvalue weighted by atomic mass is 32.1. The number of nitrogens with zero attached hydrogens (tertiary/aromatic N) is 6. The van der Waals surface area contributed by atoms with Gasteiger partial charge in [-0.15, -0.1) is 0 Å². The maximum atomic E-state index is 6.02. The van der Waals surface area contributed by atoms with E-state index in [-0.39, 0.29) is 6.04 Å². The summed E-state index contributed by atoms with van der Waals surface area (Å²) in [5, 5.41) is 11.1. The molecule has 3 aliphatic rings. The highest BCUT2D eigenvalue weighted by molar-refractivity contribution is 7.15. The summed E-state index contributed by atoms with van der Waals surface area (Å²) in [6, 6.07) is 8.44. The third-order valence-electron chi connectivity index (χ3n) is 8.33. The van der Waals surface area contributed by atoms with E-state index in [0.29, 0.717) is 17.8 Å². The maximum absolute atomic E-state index is 6.02. The fourth-order valence-corrected chi connectivity index (χ4v) is 6.89. The van der Waals surface area contributed by atoms with Gasteiger partial charge in [0.15, 0.2) is 28.4 Å². The number of fused-ring (bicyclic) bond motifs is 1. The lowest BCUT2D eigenvalue weighted by atomic mass is 9.96. The van der Waals surface area contributed by atoms with Gasteiger partial charge in [0.2, 0.25) is 0 Å². The van der Waals surface area contributed by atoms with E-state index in [9.17, 15) is 0 Å². The monoisotopic (exact) mass is 583 g/mol. The number of aromatic nitrogens is 4. The number of aliphatic imine (C=N–C) groups is 1. The minimum atomic E-state index is -0.0504. The lowest BCUT2D eigenvalue weighted by Crippen LogP contribution is -2.44. The Kier molecular flexibility index (Phi) is 7.84. The van der Waals surface area contributed by atoms with Crippen LogP contribution in [-0.2, 0) is 6.54 Å². The molecule has 10 nitrogen and oxygen atoms in total. The van der Waals surface area contributed by atoms with Crippen molar-refractivity contribution in [1.29, 1.82) is 0 Å². The van der Waals surface area contributed by atoms with Crippen LogP contribution in [0.5, 0.6) is 0 Å². The van der Waals surface area contributed by atoms with E-state index >= 15 is 0 Å². The van der Waals surface area contributed by atoms with Crippen LogP contribution in [0.25, 0.3) is 11.1 Å². The van der Waals surface area contributed by atoms with E-state index in [2.05, 4.69) is 48.8 Å². The van der Waals surface area contributed by atoms with Gasteiger partial charge < -0.3 is 20.4 Å². The van der Waals surface area contributed by atoms with Crippen LogP contribution >= 0.6 is 11.3 Å². The lowest BCUT2D eigenvalue weighted by Gasteiger charge is -2.30. The van der Waals surface area contributed by atoms with Crippen LogP contribution in [0, 0.1) is 0 Å². The number of allylic oxidation sites excluding steroid dienone is 1. The molecule has 3 aromatic heterocycles. The van der Waals surface area contributed by atoms with Gasteiger partial charge >= 0.3 is 0 Å². The van der Waals surface area contributed by atoms with Crippen molar-refractivity contribution in [2.75, 3.05) is 18.4 Å². The topological polar surface area (TPSA) is 116 Å². The molecule has 0 amide bonds. The Morgan fingerprint density at radius 2 is 1.86 bits per heavy atom. The minimum absolute atomic E-state index is 0.0504. The van der Waals surface area contributed by atoms with E-state index in [1.165, 1.54) is 32.1 Å². The molecule has 1 unspecified atom stereocenters. The summed E-state index contributed by atoms with van der Waals surface area (Å²) < 4.78 is 6.02. The summed E-state index contributed by atoms with van der Waals surface area (Å²) in [5.41, 5.74) is 3.88. The van der Waals surface area contributed by atoms with E-state index in [0.717, 1.165) is 76.8 Å². The van der Waals surface area contributed by atoms with Gasteiger partial charge in [-0.1, -0.05) is 42.7 Å². The molecule has 3 N–H and O–H groups in total. The highest BCUT2D eigenvalue weighted by Crippen LogP contribution is 2.32. The predicted molar refractivity (Wildman–Crippen MR) is 166 cm³/mol. The number of hydrogen-bond acceptors (Lipinski definition) is 11. The average Bonchev–Trinajstić information content (AvgIpc) is 3.66. The first-order valence-corrected chi connectivity index (χ1v) is 15.9. The zero-order chi connectivity index (χ0) is 28.3. The lowest BCUT2D eigenvalue weighted by molar-refractivity contribution is 0.192. The number of likely N-dealkylation sites (tertiary alicyclic amines) is 1. The molecular weight excluding hydrogens is 546 g/mol. The van der Waals surface area contributed by atoms with Crippen molar-refractivity contribution in [2.24, 2.45) is 4.99 Å². The molecule has 1 aliphatic carbocycles. The van der Waals surface area contributed by atoms with Crippen LogP contribution in [0.3, 0.4) is 0 Å². The van der Waals surface area contributed by atoms with Crippen LogP contribution < -0.4 is 16.0 Å². The molecule has 7 rings (SSSR count). The minimum Gasteiger partial charge on any atom is -0.440 e. The van der Waals surface area contributed by atoms with Crippen molar-refractivity contribution in [3.63, 3.8) is 0 Å². The van der Waals surface area contributed by atoms with Gasteiger partial charge in [-0.3, -0.25) is 9.88 Å². The number of piperidine rings is 1. The molecule has 218 valence electrons. The van der Waals surface area contributed by atoms with Crippen molar-refractivity contribution in [3.05, 3.63) is 71.1 Å². The fraction of sp³-hybridized carbons (Fsp3) is 0.452. The van der Waals surface area contributed by atoms with Crippen LogP contribution in [0.15, 0.2) is 64.0 Å². The predicted octanol–water partition coefficient (Wildman–Crippen LogP) is 6.02. The Labute approximate surface area is 249 Å². The first kappa shape index (κ1) is 27.0. The van der Waals surface area contributed by atoms with Gasteiger partial charge in [0, 0.05) is 30.4 Å². The number of benzene rings is 1. The van der Waals surface area contributed by atoms with Crippen molar-refractivity contribution < 1.29 is 4.42 Å². The molecule has 1 saturated carbocycles. The van der Waals surface area contributed by atoms with Crippen LogP contribution in [0.1, 0.15) is 80.3 Å². The van der Waals surface area contributed by atoms with Crippen LogP contribution in [0.2, 0.25) is 0 Å². The molecule has 2 aliphatic heterocycles. The summed E-state index contributed by atoms with van der Waals surface area (Å²) in [5.74, 6) is 2.79. The molecule has 42 heavy (non-hydrogen) atoms. The summed E-state index contributed by atoms with van der Waals surface area (Å²) >= 11 is 1.60. The number of nitrogens with one attached hydrogen (secondary N) is 3. The molecule has 1 saturated heterocycles. The van der Waals surface area contributed by atoms with Crippen molar-refractivity contribution in [2.45, 2.75) is 76.4 Å². The number of rotatable bonds is 7. The van der Waals surface area contributed by atoms with E-state index < -0.39 is 0 Å². The number of anilines is 2. The molecular formula is C31H37N9OS. The van der Waals surface area contributed by atoms with Crippen molar-refractivity contribution in [3.8, 4) is 0 Å². The van der Waals surface area contributed by atoms with Gasteiger partial charge in [0.05, 0.1) is 23.0 Å². The second-order valence-electron chi connectivity index (χ2n) is 11.5. The Bertz CT molecular complexity index is 1530. The standard InChI is InChI=1S/C31H37N9OS/c1-20-15-25(38-30(35-20)36-22-7-3-2-4-8-22)27-17-34-31(42-27)39-28-18-32-23(16-33-28)19-40-13-11-21(12-14-40)29-37-24-9-5-6-10-26(24)41-29/h5-6,9-10,15-18,21-22,25H,2-4,7-8,11-14,19H2,1H3,(H,33,34,39)(H2,35,36,38). The third-order valence-corrected chi connectivity index (χ3v) is 9.31. The smallest absolute Gasteiger partial charge is 0.198 e. The molecule has 0 radical (unpaired) electrons. The second kappa shape index (κ2) is 12.2. The zero-order valence-corrected chi connectivity index (χ0v) is 24.7. The van der Waals surface area contributed by atoms with Gasteiger partial charge in [-0.05, 0) is 63.9 Å². The SMILES string of the molecule is CC1=CC(c2cnc(Nc3cnc(CN4CCC(c5nc6ccccc6o5)CC4)cn3)s2)N=C(NC2CCCCC2)N1. The second-order valence-corrected chi connectivity index (χ2v) is 12.6. The molecule has 0 bridgehead atoms. The Balaban J connectivity index is 0.918. The van der Waals surface area contributed by atoms with Gasteiger partial charge in [-0.25, -0.2) is 19.9 Å². The van der Waals surface area contributed by atoms with Crippen LogP contribution in [-0.4, -0.2) is 49.9 Å². The van der Waals surface area contributed by atoms with Crippen LogP contribution in [0.4, 0.5) is 10.9 Å². The van der Waals surface area contributed by atoms with Gasteiger partial charge in [0.25, 0.3) is 0 Å². The normalized spacial score (nSPS) is 20.6. The first-order valence-electron chi connectivity index (χ1n) is 15.1. The third kappa shape index (κ3) is 6.32. The molecule has 0 spiro atoms. The molecule has 5 heterocycles. The quantitative estimate of drug-likeness (QED) is 0.240. The number of guanidine groups is 1. The summed E-state index contributed by atoms with van der Waals surface area (Å²) in [6.45, 7) is 4.84. The molecule has 1 atom stereocenters. The largest absolute Gasteiger partial charge is 0.440 e. The first-order chi connectivity index (χ1) is 20.6. The number of thiazole rings is 1. The zero-order valence-electron chi connectivity index (χ0n) is 23.9. The average molecular weight is 584 g/mol. The highest BCUT2D eigenvalue weighted by Gasteiger charge is 2.25. The summed E-state index contributed by atoms with van der Waals surface area (Å²) in [6.07, 6.45) is 16.1. The van der Waals surface area contributed by atoms with E-state index in [1.807, 2.05) is 36.7 Å². The molecule has 2 fully saturated rings. The fourth-order valence-electron chi connectivity index (χ4n) is 6.06. The number of hydrogen-bond donors (Lipinski definition) is 3. The Hall–Kier alpha value is -3.83. The Morgan fingerprint density at radius 3 is 2.67 bits per heavy atom. The maximum Gasteiger partial charge on any atom is 0.198 e. The van der Waals surface area contributed by atoms with Crippen molar-refractivity contribution in [1.82, 2.24) is 35.5 Å². The number of para-hydroxylation sites is 2. The Morgan fingerprint density at radius 1 is 1.00 bits per heavy atom. The van der Waals surface area contributed by atoms with Crippen molar-refractivity contribution >= 4 is 39.3 Å². The summed E-state index contributed by atoms with van der Waals surface area (Å²) in [4.78, 5) is 27.1. The van der Waals surface area contributed by atoms with Gasteiger partial charge in [-0.2, -0.15) is 0 Å². The van der Waals surface area contributed by atoms with Gasteiger partial charge in [0.1, 0.15) is 11.6 Å². The molecule has 4 aromatic rings. The summed E-state index contributed by atoms with van der Waals surface area (Å²) in [7, 11) is 0. The molecule has 11 heteroatoms. The van der Waals surface area contributed by atoms with E-state index in [1.54, 1.807) is 17.5 Å². The van der Waals surface area contributed by atoms with E-state index in [4.69, 9.17) is 14.4 Å². The number of oxazole rings is 1. The molecule has 1 aromatic carbocycles.